The minimum Gasteiger partial charge on any atom is -0.355 e. The Morgan fingerprint density at radius 1 is 1.29 bits per heavy atom. The SMILES string of the molecule is CCCNC(=O)CN(CCC)C(=O)CCC1CCCNC1. The van der Waals surface area contributed by atoms with Gasteiger partial charge in [-0.2, -0.15) is 0 Å². The zero-order valence-electron chi connectivity index (χ0n) is 13.6. The lowest BCUT2D eigenvalue weighted by Gasteiger charge is -2.25. The zero-order chi connectivity index (χ0) is 15.5. The molecule has 0 saturated carbocycles. The molecule has 1 unspecified atom stereocenters. The first-order valence-electron chi connectivity index (χ1n) is 8.42. The van der Waals surface area contributed by atoms with Crippen LogP contribution in [0.25, 0.3) is 0 Å². The fourth-order valence-corrected chi connectivity index (χ4v) is 2.71. The predicted octanol–water partition coefficient (Wildman–Crippen LogP) is 1.53. The maximum atomic E-state index is 12.3. The van der Waals surface area contributed by atoms with Gasteiger partial charge in [0.15, 0.2) is 0 Å². The Hall–Kier alpha value is -1.10. The minimum absolute atomic E-state index is 0.0435. The van der Waals surface area contributed by atoms with Gasteiger partial charge < -0.3 is 15.5 Å². The Kier molecular flexibility index (Phi) is 9.06. The smallest absolute Gasteiger partial charge is 0.239 e. The standard InChI is InChI=1S/C16H31N3O2/c1-3-9-18-15(20)13-19(11-4-2)16(21)8-7-14-6-5-10-17-12-14/h14,17H,3-13H2,1-2H3,(H,18,20). The van der Waals surface area contributed by atoms with Crippen molar-refractivity contribution in [1.29, 1.82) is 0 Å². The van der Waals surface area contributed by atoms with Crippen LogP contribution >= 0.6 is 0 Å². The van der Waals surface area contributed by atoms with E-state index in [1.807, 2.05) is 13.8 Å². The van der Waals surface area contributed by atoms with E-state index in [1.165, 1.54) is 12.8 Å². The van der Waals surface area contributed by atoms with E-state index in [0.29, 0.717) is 25.4 Å². The van der Waals surface area contributed by atoms with E-state index in [9.17, 15) is 9.59 Å². The van der Waals surface area contributed by atoms with E-state index >= 15 is 0 Å². The van der Waals surface area contributed by atoms with Crippen molar-refractivity contribution in [3.8, 4) is 0 Å². The molecule has 1 fully saturated rings. The summed E-state index contributed by atoms with van der Waals surface area (Å²) in [5, 5.41) is 6.22. The molecular weight excluding hydrogens is 266 g/mol. The van der Waals surface area contributed by atoms with E-state index in [1.54, 1.807) is 4.90 Å². The van der Waals surface area contributed by atoms with Crippen LogP contribution in [0.15, 0.2) is 0 Å². The van der Waals surface area contributed by atoms with Crippen LogP contribution in [0.4, 0.5) is 0 Å². The number of nitrogens with one attached hydrogen (secondary N) is 2. The molecule has 1 saturated heterocycles. The molecule has 5 heteroatoms. The van der Waals surface area contributed by atoms with Crippen molar-refractivity contribution >= 4 is 11.8 Å². The molecule has 0 aromatic rings. The van der Waals surface area contributed by atoms with E-state index in [0.717, 1.165) is 32.4 Å². The molecule has 5 nitrogen and oxygen atoms in total. The Morgan fingerprint density at radius 3 is 2.71 bits per heavy atom. The van der Waals surface area contributed by atoms with Gasteiger partial charge in [0, 0.05) is 19.5 Å². The second-order valence-corrected chi connectivity index (χ2v) is 5.92. The maximum Gasteiger partial charge on any atom is 0.239 e. The summed E-state index contributed by atoms with van der Waals surface area (Å²) in [5.41, 5.74) is 0. The van der Waals surface area contributed by atoms with Gasteiger partial charge in [-0.25, -0.2) is 0 Å². The zero-order valence-corrected chi connectivity index (χ0v) is 13.6. The molecule has 1 aliphatic rings. The molecule has 0 radical (unpaired) electrons. The molecule has 0 spiro atoms. The highest BCUT2D eigenvalue weighted by atomic mass is 16.2. The summed E-state index contributed by atoms with van der Waals surface area (Å²) in [7, 11) is 0. The number of amides is 2. The lowest BCUT2D eigenvalue weighted by Crippen LogP contribution is -2.41. The van der Waals surface area contributed by atoms with Gasteiger partial charge in [-0.3, -0.25) is 9.59 Å². The third-order valence-electron chi connectivity index (χ3n) is 3.92. The highest BCUT2D eigenvalue weighted by Crippen LogP contribution is 2.16. The van der Waals surface area contributed by atoms with Crippen LogP contribution in [0, 0.1) is 5.92 Å². The second-order valence-electron chi connectivity index (χ2n) is 5.92. The Bertz CT molecular complexity index is 315. The number of nitrogens with zero attached hydrogens (tertiary/aromatic N) is 1. The molecule has 1 atom stereocenters. The molecule has 122 valence electrons. The number of piperidine rings is 1. The first-order chi connectivity index (χ1) is 10.2. The summed E-state index contributed by atoms with van der Waals surface area (Å²) in [6.07, 6.45) is 5.72. The first kappa shape index (κ1) is 18.0. The fraction of sp³-hybridized carbons (Fsp3) is 0.875. The summed E-state index contributed by atoms with van der Waals surface area (Å²) in [6, 6.07) is 0. The van der Waals surface area contributed by atoms with Crippen LogP contribution in [0.5, 0.6) is 0 Å². The first-order valence-corrected chi connectivity index (χ1v) is 8.42. The molecule has 0 aromatic carbocycles. The van der Waals surface area contributed by atoms with Crippen LogP contribution in [-0.4, -0.2) is 49.4 Å². The van der Waals surface area contributed by atoms with Crippen LogP contribution in [0.1, 0.15) is 52.4 Å². The average molecular weight is 297 g/mol. The second kappa shape index (κ2) is 10.6. The highest BCUT2D eigenvalue weighted by molar-refractivity contribution is 5.84. The van der Waals surface area contributed by atoms with Crippen LogP contribution in [0.3, 0.4) is 0 Å². The minimum atomic E-state index is -0.0435. The molecule has 0 aliphatic carbocycles. The molecule has 2 amide bonds. The van der Waals surface area contributed by atoms with E-state index in [4.69, 9.17) is 0 Å². The van der Waals surface area contributed by atoms with Gasteiger partial charge in [-0.15, -0.1) is 0 Å². The third kappa shape index (κ3) is 7.46. The maximum absolute atomic E-state index is 12.3. The monoisotopic (exact) mass is 297 g/mol. The van der Waals surface area contributed by atoms with Gasteiger partial charge in [0.25, 0.3) is 0 Å². The third-order valence-corrected chi connectivity index (χ3v) is 3.92. The molecule has 1 rings (SSSR count). The van der Waals surface area contributed by atoms with Gasteiger partial charge in [-0.05, 0) is 51.1 Å². The average Bonchev–Trinajstić information content (AvgIpc) is 2.51. The molecule has 21 heavy (non-hydrogen) atoms. The molecule has 0 bridgehead atoms. The van der Waals surface area contributed by atoms with Gasteiger partial charge in [0.1, 0.15) is 0 Å². The normalized spacial score (nSPS) is 18.3. The van der Waals surface area contributed by atoms with E-state index in [-0.39, 0.29) is 18.4 Å². The molecule has 1 heterocycles. The quantitative estimate of drug-likeness (QED) is 0.678. The van der Waals surface area contributed by atoms with Gasteiger partial charge in [0.05, 0.1) is 6.54 Å². The van der Waals surface area contributed by atoms with Crippen LogP contribution in [-0.2, 0) is 9.59 Å². The number of rotatable bonds is 9. The molecule has 1 aliphatic heterocycles. The summed E-state index contributed by atoms with van der Waals surface area (Å²) in [5.74, 6) is 0.687. The Morgan fingerprint density at radius 2 is 2.10 bits per heavy atom. The van der Waals surface area contributed by atoms with Gasteiger partial charge in [-0.1, -0.05) is 13.8 Å². The van der Waals surface area contributed by atoms with Gasteiger partial charge >= 0.3 is 0 Å². The van der Waals surface area contributed by atoms with Crippen molar-refractivity contribution in [3.63, 3.8) is 0 Å². The summed E-state index contributed by atoms with van der Waals surface area (Å²) >= 11 is 0. The number of carbonyl (C=O) groups is 2. The fourth-order valence-electron chi connectivity index (χ4n) is 2.71. The van der Waals surface area contributed by atoms with E-state index in [2.05, 4.69) is 10.6 Å². The van der Waals surface area contributed by atoms with Crippen molar-refractivity contribution in [3.05, 3.63) is 0 Å². The topological polar surface area (TPSA) is 61.4 Å². The molecular formula is C16H31N3O2. The molecule has 2 N–H and O–H groups in total. The lowest BCUT2D eigenvalue weighted by molar-refractivity contribution is -0.136. The number of hydrogen-bond acceptors (Lipinski definition) is 3. The van der Waals surface area contributed by atoms with E-state index < -0.39 is 0 Å². The lowest BCUT2D eigenvalue weighted by atomic mass is 9.94. The van der Waals surface area contributed by atoms with Crippen molar-refractivity contribution in [2.45, 2.75) is 52.4 Å². The summed E-state index contributed by atoms with van der Waals surface area (Å²) in [6.45, 7) is 7.74. The predicted molar refractivity (Wildman–Crippen MR) is 85.0 cm³/mol. The summed E-state index contributed by atoms with van der Waals surface area (Å²) < 4.78 is 0. The van der Waals surface area contributed by atoms with Crippen LogP contribution in [0.2, 0.25) is 0 Å². The summed E-state index contributed by atoms with van der Waals surface area (Å²) in [4.78, 5) is 25.8. The largest absolute Gasteiger partial charge is 0.355 e. The highest BCUT2D eigenvalue weighted by Gasteiger charge is 2.19. The van der Waals surface area contributed by atoms with Crippen molar-refractivity contribution < 1.29 is 9.59 Å². The Labute approximate surface area is 128 Å². The van der Waals surface area contributed by atoms with Crippen molar-refractivity contribution in [1.82, 2.24) is 15.5 Å². The van der Waals surface area contributed by atoms with Crippen molar-refractivity contribution in [2.75, 3.05) is 32.7 Å². The number of carbonyl (C=O) groups excluding carboxylic acids is 2. The Balaban J connectivity index is 2.35. The molecule has 0 aromatic heterocycles. The number of hydrogen-bond donors (Lipinski definition) is 2. The van der Waals surface area contributed by atoms with Crippen LogP contribution < -0.4 is 10.6 Å². The van der Waals surface area contributed by atoms with Gasteiger partial charge in [0.2, 0.25) is 11.8 Å². The van der Waals surface area contributed by atoms with Crippen molar-refractivity contribution in [2.24, 2.45) is 5.92 Å².